The van der Waals surface area contributed by atoms with Crippen LogP contribution < -0.4 is 15.0 Å². The van der Waals surface area contributed by atoms with Gasteiger partial charge in [-0.25, -0.2) is 14.8 Å². The second-order valence-electron chi connectivity index (χ2n) is 7.24. The van der Waals surface area contributed by atoms with Crippen LogP contribution in [0.2, 0.25) is 0 Å². The Morgan fingerprint density at radius 3 is 2.21 bits per heavy atom. The summed E-state index contributed by atoms with van der Waals surface area (Å²) < 4.78 is 10.6. The minimum Gasteiger partial charge on any atom is -0.495 e. The lowest BCUT2D eigenvalue weighted by Gasteiger charge is -2.36. The molecule has 0 aliphatic carbocycles. The van der Waals surface area contributed by atoms with Gasteiger partial charge < -0.3 is 19.7 Å². The van der Waals surface area contributed by atoms with Gasteiger partial charge in [0.05, 0.1) is 30.8 Å². The van der Waals surface area contributed by atoms with Gasteiger partial charge in [0, 0.05) is 39.3 Å². The molecule has 1 aromatic heterocycles. The number of methoxy groups -OCH3 is 1. The molecular weight excluding hydrogens is 489 g/mol. The van der Waals surface area contributed by atoms with Crippen LogP contribution in [0.4, 0.5) is 11.6 Å². The largest absolute Gasteiger partial charge is 0.495 e. The first-order valence-electron chi connectivity index (χ1n) is 10.4. The summed E-state index contributed by atoms with van der Waals surface area (Å²) in [6, 6.07) is 8.15. The van der Waals surface area contributed by atoms with E-state index in [0.717, 1.165) is 50.7 Å². The van der Waals surface area contributed by atoms with E-state index in [2.05, 4.69) is 31.2 Å². The molecule has 1 saturated heterocycles. The van der Waals surface area contributed by atoms with Gasteiger partial charge in [-0.05, 0) is 32.9 Å². The van der Waals surface area contributed by atoms with Crippen LogP contribution in [0.3, 0.4) is 0 Å². The summed E-state index contributed by atoms with van der Waals surface area (Å²) in [5, 5.41) is 3.28. The molecule has 11 heteroatoms. The van der Waals surface area contributed by atoms with Crippen molar-refractivity contribution in [3.8, 4) is 5.75 Å². The maximum Gasteiger partial charge on any atom is 0.341 e. The first kappa shape index (κ1) is 31.0. The van der Waals surface area contributed by atoms with Crippen molar-refractivity contribution in [1.82, 2.24) is 14.9 Å². The zero-order valence-electron chi connectivity index (χ0n) is 19.5. The van der Waals surface area contributed by atoms with Crippen LogP contribution in [0.5, 0.6) is 5.75 Å². The Morgan fingerprint density at radius 2 is 1.64 bits per heavy atom. The number of halogens is 3. The fourth-order valence-corrected chi connectivity index (χ4v) is 3.72. The van der Waals surface area contributed by atoms with Gasteiger partial charge in [-0.3, -0.25) is 4.90 Å². The third-order valence-electron chi connectivity index (χ3n) is 5.26. The number of aromatic nitrogens is 2. The molecule has 0 saturated carbocycles. The Kier molecular flexibility index (Phi) is 14.1. The van der Waals surface area contributed by atoms with Gasteiger partial charge in [0.1, 0.15) is 11.3 Å². The average Bonchev–Trinajstić information content (AvgIpc) is 2.74. The number of ether oxygens (including phenoxy) is 2. The Balaban J connectivity index is 0.00000341. The molecule has 1 fully saturated rings. The summed E-state index contributed by atoms with van der Waals surface area (Å²) in [4.78, 5) is 25.7. The molecule has 0 amide bonds. The third kappa shape index (κ3) is 8.07. The summed E-state index contributed by atoms with van der Waals surface area (Å²) in [5.41, 5.74) is 2.87. The minimum atomic E-state index is -0.369. The van der Waals surface area contributed by atoms with E-state index in [0.29, 0.717) is 29.5 Å². The van der Waals surface area contributed by atoms with Crippen molar-refractivity contribution in [3.63, 3.8) is 0 Å². The van der Waals surface area contributed by atoms with Crippen LogP contribution >= 0.6 is 37.2 Å². The van der Waals surface area contributed by atoms with Crippen LogP contribution in [0.15, 0.2) is 24.3 Å². The van der Waals surface area contributed by atoms with Gasteiger partial charge in [-0.15, -0.1) is 37.2 Å². The van der Waals surface area contributed by atoms with E-state index in [4.69, 9.17) is 9.47 Å². The highest BCUT2D eigenvalue weighted by molar-refractivity contribution is 5.91. The van der Waals surface area contributed by atoms with Crippen molar-refractivity contribution < 1.29 is 14.3 Å². The minimum absolute atomic E-state index is 0. The number of aryl methyl sites for hydroxylation is 2. The van der Waals surface area contributed by atoms with Crippen LogP contribution in [0, 0.1) is 13.8 Å². The zero-order valence-corrected chi connectivity index (χ0v) is 21.9. The van der Waals surface area contributed by atoms with Crippen molar-refractivity contribution in [2.45, 2.75) is 20.8 Å². The molecular formula is C22H34Cl3N5O3. The van der Waals surface area contributed by atoms with E-state index in [-0.39, 0.29) is 43.2 Å². The Morgan fingerprint density at radius 1 is 1.03 bits per heavy atom. The summed E-state index contributed by atoms with van der Waals surface area (Å²) in [6.07, 6.45) is 0. The molecule has 3 rings (SSSR count). The molecule has 2 aromatic rings. The second kappa shape index (κ2) is 15.0. The SMILES string of the molecule is CCOC(=O)c1c(C)nc(NCCN2CCN(c3ccccc3OC)CC2)nc1C.Cl.Cl.Cl. The fourth-order valence-electron chi connectivity index (χ4n) is 3.72. The number of piperazine rings is 1. The molecule has 0 atom stereocenters. The second-order valence-corrected chi connectivity index (χ2v) is 7.24. The lowest BCUT2D eigenvalue weighted by molar-refractivity contribution is 0.0523. The molecule has 1 aliphatic heterocycles. The van der Waals surface area contributed by atoms with Crippen LogP contribution in [0.1, 0.15) is 28.7 Å². The van der Waals surface area contributed by atoms with Crippen molar-refractivity contribution in [2.75, 3.05) is 63.2 Å². The predicted molar refractivity (Wildman–Crippen MR) is 139 cm³/mol. The maximum absolute atomic E-state index is 12.0. The van der Waals surface area contributed by atoms with Crippen molar-refractivity contribution in [3.05, 3.63) is 41.2 Å². The lowest BCUT2D eigenvalue weighted by atomic mass is 10.2. The highest BCUT2D eigenvalue weighted by Gasteiger charge is 2.20. The van der Waals surface area contributed by atoms with Crippen LogP contribution in [-0.2, 0) is 4.74 Å². The van der Waals surface area contributed by atoms with Crippen LogP contribution in [-0.4, -0.2) is 73.8 Å². The molecule has 0 unspecified atom stereocenters. The molecule has 1 aliphatic rings. The first-order valence-corrected chi connectivity index (χ1v) is 10.4. The number of carbonyl (C=O) groups is 1. The normalized spacial score (nSPS) is 13.2. The number of nitrogens with zero attached hydrogens (tertiary/aromatic N) is 4. The van der Waals surface area contributed by atoms with E-state index >= 15 is 0 Å². The molecule has 2 heterocycles. The van der Waals surface area contributed by atoms with Gasteiger partial charge in [0.15, 0.2) is 0 Å². The lowest BCUT2D eigenvalue weighted by Crippen LogP contribution is -2.47. The van der Waals surface area contributed by atoms with E-state index in [1.54, 1.807) is 14.0 Å². The number of esters is 1. The number of hydrogen-bond acceptors (Lipinski definition) is 8. The highest BCUT2D eigenvalue weighted by atomic mass is 35.5. The van der Waals surface area contributed by atoms with Gasteiger partial charge in [-0.1, -0.05) is 12.1 Å². The number of nitrogens with one attached hydrogen (secondary N) is 1. The van der Waals surface area contributed by atoms with Crippen molar-refractivity contribution in [2.24, 2.45) is 0 Å². The topological polar surface area (TPSA) is 79.8 Å². The number of para-hydroxylation sites is 2. The number of benzene rings is 1. The maximum atomic E-state index is 12.0. The quantitative estimate of drug-likeness (QED) is 0.525. The first-order chi connectivity index (χ1) is 14.5. The Labute approximate surface area is 214 Å². The molecule has 33 heavy (non-hydrogen) atoms. The summed E-state index contributed by atoms with van der Waals surface area (Å²) >= 11 is 0. The summed E-state index contributed by atoms with van der Waals surface area (Å²) in [7, 11) is 1.71. The van der Waals surface area contributed by atoms with Gasteiger partial charge >= 0.3 is 5.97 Å². The van der Waals surface area contributed by atoms with Gasteiger partial charge in [-0.2, -0.15) is 0 Å². The fraction of sp³-hybridized carbons (Fsp3) is 0.500. The molecule has 1 aromatic carbocycles. The zero-order chi connectivity index (χ0) is 21.5. The van der Waals surface area contributed by atoms with E-state index < -0.39 is 0 Å². The standard InChI is InChI=1S/C22H31N5O3.3ClH/c1-5-30-21(28)20-16(2)24-22(25-17(20)3)23-10-11-26-12-14-27(15-13-26)18-8-6-7-9-19(18)29-4;;;/h6-9H,5,10-15H2,1-4H3,(H,23,24,25);3*1H. The van der Waals surface area contributed by atoms with E-state index in [1.807, 2.05) is 32.0 Å². The number of carbonyl (C=O) groups excluding carboxylic acids is 1. The third-order valence-corrected chi connectivity index (χ3v) is 5.26. The summed E-state index contributed by atoms with van der Waals surface area (Å²) in [5.74, 6) is 1.10. The molecule has 1 N–H and O–H groups in total. The number of anilines is 2. The Bertz CT molecular complexity index is 857. The Hall–Kier alpha value is -2.00. The van der Waals surface area contributed by atoms with E-state index in [1.165, 1.54) is 0 Å². The van der Waals surface area contributed by atoms with Gasteiger partial charge in [0.25, 0.3) is 0 Å². The molecule has 0 spiro atoms. The molecule has 186 valence electrons. The van der Waals surface area contributed by atoms with Crippen molar-refractivity contribution in [1.29, 1.82) is 0 Å². The van der Waals surface area contributed by atoms with Crippen molar-refractivity contribution >= 4 is 54.8 Å². The highest BCUT2D eigenvalue weighted by Crippen LogP contribution is 2.28. The predicted octanol–water partition coefficient (Wildman–Crippen LogP) is 3.78. The smallest absolute Gasteiger partial charge is 0.341 e. The van der Waals surface area contributed by atoms with Crippen LogP contribution in [0.25, 0.3) is 0 Å². The molecule has 0 radical (unpaired) electrons. The van der Waals surface area contributed by atoms with Gasteiger partial charge in [0.2, 0.25) is 5.95 Å². The number of hydrogen-bond donors (Lipinski definition) is 1. The number of rotatable bonds is 8. The average molecular weight is 523 g/mol. The van der Waals surface area contributed by atoms with E-state index in [9.17, 15) is 4.79 Å². The summed E-state index contributed by atoms with van der Waals surface area (Å²) in [6.45, 7) is 11.3. The monoisotopic (exact) mass is 521 g/mol. The molecule has 8 nitrogen and oxygen atoms in total. The molecule has 0 bridgehead atoms.